The summed E-state index contributed by atoms with van der Waals surface area (Å²) < 4.78 is 54.7. The highest BCUT2D eigenvalue weighted by atomic mass is 35.5. The van der Waals surface area contributed by atoms with E-state index < -0.39 is 44.0 Å². The maximum Gasteiger partial charge on any atom is 0.244 e. The molecule has 1 amide bonds. The lowest BCUT2D eigenvalue weighted by molar-refractivity contribution is -0.117. The zero-order chi connectivity index (χ0) is 18.1. The van der Waals surface area contributed by atoms with E-state index in [2.05, 4.69) is 15.4 Å². The van der Waals surface area contributed by atoms with Gasteiger partial charge in [-0.25, -0.2) is 21.9 Å². The molecule has 1 aromatic carbocycles. The minimum atomic E-state index is -4.20. The van der Waals surface area contributed by atoms with E-state index in [9.17, 15) is 22.0 Å². The highest BCUT2D eigenvalue weighted by Crippen LogP contribution is 2.24. The number of hydrogen-bond acceptors (Lipinski definition) is 4. The molecule has 10 heteroatoms. The van der Waals surface area contributed by atoms with Crippen LogP contribution in [0.15, 0.2) is 17.0 Å². The molecule has 1 aliphatic rings. The number of benzene rings is 1. The van der Waals surface area contributed by atoms with E-state index in [4.69, 9.17) is 0 Å². The van der Waals surface area contributed by atoms with E-state index >= 15 is 0 Å². The monoisotopic (exact) mass is 397 g/mol. The van der Waals surface area contributed by atoms with E-state index in [1.165, 1.54) is 0 Å². The molecule has 142 valence electrons. The fourth-order valence-electron chi connectivity index (χ4n) is 2.42. The molecule has 0 radical (unpaired) electrons. The number of hydrogen-bond donors (Lipinski definition) is 3. The summed E-state index contributed by atoms with van der Waals surface area (Å²) in [5, 5.41) is 5.26. The molecule has 6 nitrogen and oxygen atoms in total. The molecule has 1 heterocycles. The second kappa shape index (κ2) is 7.94. The Morgan fingerprint density at radius 2 is 1.88 bits per heavy atom. The Morgan fingerprint density at radius 1 is 1.24 bits per heavy atom. The molecule has 1 saturated heterocycles. The molecule has 0 aromatic heterocycles. The van der Waals surface area contributed by atoms with Gasteiger partial charge in [-0.3, -0.25) is 4.79 Å². The minimum Gasteiger partial charge on any atom is -0.322 e. The van der Waals surface area contributed by atoms with Crippen LogP contribution in [-0.4, -0.2) is 32.5 Å². The van der Waals surface area contributed by atoms with Crippen molar-refractivity contribution in [2.24, 2.45) is 0 Å². The van der Waals surface area contributed by atoms with Crippen LogP contribution in [-0.2, 0) is 14.8 Å². The first kappa shape index (κ1) is 21.8. The van der Waals surface area contributed by atoms with Gasteiger partial charge < -0.3 is 10.6 Å². The number of anilines is 1. The van der Waals surface area contributed by atoms with Gasteiger partial charge in [-0.05, 0) is 46.2 Å². The molecule has 1 aliphatic heterocycles. The lowest BCUT2D eigenvalue weighted by atomic mass is 10.1. The maximum absolute atomic E-state index is 14.0. The highest BCUT2D eigenvalue weighted by molar-refractivity contribution is 7.89. The summed E-state index contributed by atoms with van der Waals surface area (Å²) in [7, 11) is -4.20. The quantitative estimate of drug-likeness (QED) is 0.726. The number of carbonyl (C=O) groups excluding carboxylic acids is 1. The van der Waals surface area contributed by atoms with Crippen molar-refractivity contribution >= 4 is 34.0 Å². The summed E-state index contributed by atoms with van der Waals surface area (Å²) in [6.07, 6.45) is 1.42. The largest absolute Gasteiger partial charge is 0.322 e. The zero-order valence-electron chi connectivity index (χ0n) is 14.2. The first-order valence-electron chi connectivity index (χ1n) is 7.57. The topological polar surface area (TPSA) is 87.3 Å². The Hall–Kier alpha value is -1.29. The third-order valence-electron chi connectivity index (χ3n) is 3.39. The predicted molar refractivity (Wildman–Crippen MR) is 93.3 cm³/mol. The van der Waals surface area contributed by atoms with Gasteiger partial charge in [0, 0.05) is 11.6 Å². The highest BCUT2D eigenvalue weighted by Gasteiger charge is 2.28. The first-order valence-corrected chi connectivity index (χ1v) is 9.05. The number of carbonyl (C=O) groups is 1. The van der Waals surface area contributed by atoms with Crippen LogP contribution in [0.5, 0.6) is 0 Å². The maximum atomic E-state index is 14.0. The third-order valence-corrected chi connectivity index (χ3v) is 5.16. The van der Waals surface area contributed by atoms with Gasteiger partial charge in [0.2, 0.25) is 15.9 Å². The molecule has 0 bridgehead atoms. The molecule has 1 fully saturated rings. The SMILES string of the molecule is CC(C)(C)NS(=O)(=O)c1cc(NC(=O)C2CCCN2)c(F)cc1F.Cl. The third kappa shape index (κ3) is 5.60. The van der Waals surface area contributed by atoms with Gasteiger partial charge in [-0.15, -0.1) is 12.4 Å². The number of amides is 1. The van der Waals surface area contributed by atoms with Crippen LogP contribution in [0.3, 0.4) is 0 Å². The van der Waals surface area contributed by atoms with Crippen LogP contribution in [0.25, 0.3) is 0 Å². The van der Waals surface area contributed by atoms with Gasteiger partial charge in [0.05, 0.1) is 11.7 Å². The molecule has 2 rings (SSSR count). The summed E-state index contributed by atoms with van der Waals surface area (Å²) >= 11 is 0. The summed E-state index contributed by atoms with van der Waals surface area (Å²) in [6, 6.07) is 0.780. The lowest BCUT2D eigenvalue weighted by Gasteiger charge is -2.21. The predicted octanol–water partition coefficient (Wildman–Crippen LogP) is 2.15. The second-order valence-corrected chi connectivity index (χ2v) is 8.41. The number of rotatable bonds is 4. The van der Waals surface area contributed by atoms with Crippen molar-refractivity contribution in [3.63, 3.8) is 0 Å². The Kier molecular flexibility index (Phi) is 6.91. The molecular formula is C15H22ClF2N3O3S. The Labute approximate surface area is 152 Å². The van der Waals surface area contributed by atoms with Gasteiger partial charge in [0.15, 0.2) is 0 Å². The van der Waals surface area contributed by atoms with Gasteiger partial charge in [-0.1, -0.05) is 0 Å². The Balaban J connectivity index is 0.00000312. The van der Waals surface area contributed by atoms with Crippen molar-refractivity contribution in [1.82, 2.24) is 10.0 Å². The summed E-state index contributed by atoms with van der Waals surface area (Å²) in [5.74, 6) is -2.74. The summed E-state index contributed by atoms with van der Waals surface area (Å²) in [4.78, 5) is 11.3. The van der Waals surface area contributed by atoms with E-state index in [-0.39, 0.29) is 18.1 Å². The molecule has 3 N–H and O–H groups in total. The molecule has 1 aromatic rings. The lowest BCUT2D eigenvalue weighted by Crippen LogP contribution is -2.41. The molecular weight excluding hydrogens is 376 g/mol. The number of nitrogens with one attached hydrogen (secondary N) is 3. The van der Waals surface area contributed by atoms with Crippen LogP contribution in [0.2, 0.25) is 0 Å². The van der Waals surface area contributed by atoms with E-state index in [0.29, 0.717) is 19.0 Å². The summed E-state index contributed by atoms with van der Waals surface area (Å²) in [6.45, 7) is 5.47. The smallest absolute Gasteiger partial charge is 0.244 e. The van der Waals surface area contributed by atoms with Crippen molar-refractivity contribution in [2.75, 3.05) is 11.9 Å². The van der Waals surface area contributed by atoms with Gasteiger partial charge in [0.25, 0.3) is 0 Å². The van der Waals surface area contributed by atoms with Crippen LogP contribution < -0.4 is 15.4 Å². The average molecular weight is 398 g/mol. The normalized spacial score (nSPS) is 17.9. The van der Waals surface area contributed by atoms with Crippen molar-refractivity contribution in [2.45, 2.75) is 50.1 Å². The van der Waals surface area contributed by atoms with Crippen molar-refractivity contribution < 1.29 is 22.0 Å². The van der Waals surface area contributed by atoms with Crippen LogP contribution in [0.4, 0.5) is 14.5 Å². The van der Waals surface area contributed by atoms with Crippen LogP contribution in [0.1, 0.15) is 33.6 Å². The van der Waals surface area contributed by atoms with Crippen LogP contribution >= 0.6 is 12.4 Å². The van der Waals surface area contributed by atoms with Gasteiger partial charge in [0.1, 0.15) is 16.5 Å². The first-order chi connectivity index (χ1) is 11.0. The standard InChI is InChI=1S/C15H21F2N3O3S.ClH/c1-15(2,3)20-24(22,23)13-8-12(9(16)7-10(13)17)19-14(21)11-5-4-6-18-11;/h7-8,11,18,20H,4-6H2,1-3H3,(H,19,21);1H. The molecule has 1 atom stereocenters. The van der Waals surface area contributed by atoms with Crippen molar-refractivity contribution in [1.29, 1.82) is 0 Å². The van der Waals surface area contributed by atoms with Gasteiger partial charge in [-0.2, -0.15) is 0 Å². The Bertz CT molecular complexity index is 745. The van der Waals surface area contributed by atoms with E-state index in [0.717, 1.165) is 12.5 Å². The summed E-state index contributed by atoms with van der Waals surface area (Å²) in [5.41, 5.74) is -1.21. The molecule has 1 unspecified atom stereocenters. The minimum absolute atomic E-state index is 0. The molecule has 0 saturated carbocycles. The molecule has 0 aliphatic carbocycles. The number of sulfonamides is 1. The van der Waals surface area contributed by atoms with Crippen molar-refractivity contribution in [3.8, 4) is 0 Å². The van der Waals surface area contributed by atoms with Crippen molar-refractivity contribution in [3.05, 3.63) is 23.8 Å². The van der Waals surface area contributed by atoms with E-state index in [1.54, 1.807) is 20.8 Å². The fourth-order valence-corrected chi connectivity index (χ4v) is 3.92. The molecule has 0 spiro atoms. The van der Waals surface area contributed by atoms with E-state index in [1.807, 2.05) is 0 Å². The number of halogens is 3. The van der Waals surface area contributed by atoms with Gasteiger partial charge >= 0.3 is 0 Å². The zero-order valence-corrected chi connectivity index (χ0v) is 15.8. The van der Waals surface area contributed by atoms with Crippen LogP contribution in [0, 0.1) is 11.6 Å². The average Bonchev–Trinajstić information content (AvgIpc) is 2.92. The fraction of sp³-hybridized carbons (Fsp3) is 0.533. The Morgan fingerprint density at radius 3 is 2.40 bits per heavy atom. The molecule has 25 heavy (non-hydrogen) atoms. The second-order valence-electron chi connectivity index (χ2n) is 6.76.